The van der Waals surface area contributed by atoms with Crippen LogP contribution in [0.4, 0.5) is 22.7 Å². The maximum Gasteiger partial charge on any atom is 0.335 e. The van der Waals surface area contributed by atoms with E-state index in [1.807, 2.05) is 83.6 Å². The lowest BCUT2D eigenvalue weighted by atomic mass is 9.99. The largest absolute Gasteiger partial charge is 0.478 e. The molecule has 1 heterocycles. The van der Waals surface area contributed by atoms with Crippen LogP contribution in [0.5, 0.6) is 0 Å². The number of ketones is 1. The Kier molecular flexibility index (Phi) is 8.48. The summed E-state index contributed by atoms with van der Waals surface area (Å²) in [5, 5.41) is 10.6. The standard InChI is InChI=1S/C33H31ClN2O4/c1-35(28-16-12-26(34)13-17-28)27-14-10-23(11-15-27)32(37)24-19-25(33(38)39)21-30(20-24)36(29-7-3-2-4-8-29)22-31-9-5-6-18-40-31/h2-4,7-8,10-17,19-21,31H,5-6,9,18,22H2,1H3,(H,38,39). The maximum absolute atomic E-state index is 13.6. The summed E-state index contributed by atoms with van der Waals surface area (Å²) in [5.74, 6) is -1.33. The van der Waals surface area contributed by atoms with Gasteiger partial charge in [0.2, 0.25) is 0 Å². The van der Waals surface area contributed by atoms with Gasteiger partial charge in [-0.1, -0.05) is 29.8 Å². The molecule has 4 aromatic rings. The number of benzene rings is 4. The molecule has 7 heteroatoms. The van der Waals surface area contributed by atoms with E-state index in [4.69, 9.17) is 16.3 Å². The van der Waals surface area contributed by atoms with Gasteiger partial charge in [0.05, 0.1) is 11.7 Å². The van der Waals surface area contributed by atoms with Crippen LogP contribution in [0.15, 0.2) is 97.1 Å². The quantitative estimate of drug-likeness (QED) is 0.213. The highest BCUT2D eigenvalue weighted by Crippen LogP contribution is 2.31. The number of carboxylic acids is 1. The Morgan fingerprint density at radius 2 is 1.45 bits per heavy atom. The van der Waals surface area contributed by atoms with Crippen molar-refractivity contribution < 1.29 is 19.4 Å². The van der Waals surface area contributed by atoms with Gasteiger partial charge in [0.15, 0.2) is 5.78 Å². The lowest BCUT2D eigenvalue weighted by Gasteiger charge is -2.32. The fraction of sp³-hybridized carbons (Fsp3) is 0.212. The Morgan fingerprint density at radius 1 is 0.800 bits per heavy atom. The SMILES string of the molecule is CN(c1ccc(Cl)cc1)c1ccc(C(=O)c2cc(C(=O)O)cc(N(CC3CCCCO3)c3ccccc3)c2)cc1. The molecule has 1 saturated heterocycles. The van der Waals surface area contributed by atoms with Crippen molar-refractivity contribution in [2.75, 3.05) is 30.0 Å². The molecular weight excluding hydrogens is 524 g/mol. The van der Waals surface area contributed by atoms with Crippen LogP contribution in [-0.2, 0) is 4.74 Å². The van der Waals surface area contributed by atoms with E-state index < -0.39 is 5.97 Å². The summed E-state index contributed by atoms with van der Waals surface area (Å²) in [6.45, 7) is 1.28. The number of nitrogens with zero attached hydrogens (tertiary/aromatic N) is 2. The summed E-state index contributed by atoms with van der Waals surface area (Å²) >= 11 is 6.02. The number of rotatable bonds is 9. The van der Waals surface area contributed by atoms with Crippen molar-refractivity contribution in [2.24, 2.45) is 0 Å². The molecule has 4 aromatic carbocycles. The van der Waals surface area contributed by atoms with E-state index in [1.165, 1.54) is 6.07 Å². The Labute approximate surface area is 239 Å². The number of ether oxygens (including phenoxy) is 1. The molecule has 0 aliphatic carbocycles. The van der Waals surface area contributed by atoms with Crippen molar-refractivity contribution in [3.63, 3.8) is 0 Å². The van der Waals surface area contributed by atoms with Crippen LogP contribution >= 0.6 is 11.6 Å². The second kappa shape index (κ2) is 12.4. The van der Waals surface area contributed by atoms with Crippen molar-refractivity contribution >= 4 is 46.1 Å². The molecule has 1 fully saturated rings. The average Bonchev–Trinajstić information content (AvgIpc) is 3.00. The number of halogens is 1. The van der Waals surface area contributed by atoms with E-state index in [0.717, 1.165) is 42.9 Å². The van der Waals surface area contributed by atoms with Gasteiger partial charge < -0.3 is 19.6 Å². The first-order valence-corrected chi connectivity index (χ1v) is 13.7. The van der Waals surface area contributed by atoms with Gasteiger partial charge >= 0.3 is 5.97 Å². The van der Waals surface area contributed by atoms with Crippen LogP contribution in [-0.4, -0.2) is 43.2 Å². The number of aromatic carboxylic acids is 1. The minimum Gasteiger partial charge on any atom is -0.478 e. The van der Waals surface area contributed by atoms with E-state index in [2.05, 4.69) is 0 Å². The number of carboxylic acid groups (broad SMARTS) is 1. The fourth-order valence-electron chi connectivity index (χ4n) is 4.96. The second-order valence-corrected chi connectivity index (χ2v) is 10.4. The first-order valence-electron chi connectivity index (χ1n) is 13.4. The molecule has 6 nitrogen and oxygen atoms in total. The fourth-order valence-corrected chi connectivity index (χ4v) is 5.09. The summed E-state index contributed by atoms with van der Waals surface area (Å²) in [7, 11) is 1.94. The van der Waals surface area contributed by atoms with Gasteiger partial charge in [0.1, 0.15) is 0 Å². The van der Waals surface area contributed by atoms with Crippen LogP contribution in [0.1, 0.15) is 45.5 Å². The van der Waals surface area contributed by atoms with Gasteiger partial charge in [-0.3, -0.25) is 4.79 Å². The highest BCUT2D eigenvalue weighted by atomic mass is 35.5. The Balaban J connectivity index is 1.46. The molecule has 40 heavy (non-hydrogen) atoms. The van der Waals surface area contributed by atoms with E-state index in [0.29, 0.717) is 28.4 Å². The number of carbonyl (C=O) groups is 2. The second-order valence-electron chi connectivity index (χ2n) is 9.92. The van der Waals surface area contributed by atoms with Crippen molar-refractivity contribution in [3.8, 4) is 0 Å². The third-order valence-corrected chi connectivity index (χ3v) is 7.45. The molecule has 1 aliphatic heterocycles. The van der Waals surface area contributed by atoms with Gasteiger partial charge in [-0.25, -0.2) is 4.79 Å². The number of hydrogen-bond donors (Lipinski definition) is 1. The summed E-state index contributed by atoms with van der Waals surface area (Å²) in [6.07, 6.45) is 3.09. The molecule has 0 amide bonds. The van der Waals surface area contributed by atoms with E-state index in [1.54, 1.807) is 24.3 Å². The van der Waals surface area contributed by atoms with Crippen LogP contribution in [0.3, 0.4) is 0 Å². The van der Waals surface area contributed by atoms with Gasteiger partial charge in [-0.05, 0) is 98.1 Å². The molecule has 204 valence electrons. The lowest BCUT2D eigenvalue weighted by molar-refractivity contribution is 0.0222. The van der Waals surface area contributed by atoms with E-state index in [-0.39, 0.29) is 17.5 Å². The van der Waals surface area contributed by atoms with Crippen LogP contribution in [0.25, 0.3) is 0 Å². The van der Waals surface area contributed by atoms with Gasteiger partial charge in [-0.2, -0.15) is 0 Å². The molecule has 1 aliphatic rings. The minimum atomic E-state index is -1.09. The normalized spacial score (nSPS) is 14.9. The molecule has 1 unspecified atom stereocenters. The third kappa shape index (κ3) is 6.36. The van der Waals surface area contributed by atoms with Crippen LogP contribution in [0.2, 0.25) is 5.02 Å². The highest BCUT2D eigenvalue weighted by Gasteiger charge is 2.22. The lowest BCUT2D eigenvalue weighted by Crippen LogP contribution is -2.33. The van der Waals surface area contributed by atoms with Crippen LogP contribution < -0.4 is 9.80 Å². The molecule has 0 aromatic heterocycles. The molecular formula is C33H31ClN2O4. The average molecular weight is 555 g/mol. The highest BCUT2D eigenvalue weighted by molar-refractivity contribution is 6.30. The van der Waals surface area contributed by atoms with Crippen molar-refractivity contribution in [1.29, 1.82) is 0 Å². The Morgan fingerprint density at radius 3 is 2.08 bits per heavy atom. The molecule has 0 saturated carbocycles. The van der Waals surface area contributed by atoms with Crippen LogP contribution in [0, 0.1) is 0 Å². The number of carbonyl (C=O) groups excluding carboxylic acids is 1. The van der Waals surface area contributed by atoms with Gasteiger partial charge in [-0.15, -0.1) is 0 Å². The number of para-hydroxylation sites is 1. The minimum absolute atomic E-state index is 0.0202. The van der Waals surface area contributed by atoms with E-state index in [9.17, 15) is 14.7 Å². The summed E-state index contributed by atoms with van der Waals surface area (Å²) in [5.41, 5.74) is 4.27. The zero-order valence-electron chi connectivity index (χ0n) is 22.3. The van der Waals surface area contributed by atoms with Crippen molar-refractivity contribution in [3.05, 3.63) is 119 Å². The molecule has 0 radical (unpaired) electrons. The topological polar surface area (TPSA) is 70.1 Å². The molecule has 1 N–H and O–H groups in total. The summed E-state index contributed by atoms with van der Waals surface area (Å²) in [4.78, 5) is 29.8. The predicted octanol–water partition coefficient (Wildman–Crippen LogP) is 7.74. The first kappa shape index (κ1) is 27.4. The third-order valence-electron chi connectivity index (χ3n) is 7.20. The Bertz CT molecular complexity index is 1470. The Hall–Kier alpha value is -4.13. The number of anilines is 4. The zero-order valence-corrected chi connectivity index (χ0v) is 23.1. The van der Waals surface area contributed by atoms with Gasteiger partial charge in [0, 0.05) is 59.1 Å². The summed E-state index contributed by atoms with van der Waals surface area (Å²) in [6, 6.07) is 29.4. The summed E-state index contributed by atoms with van der Waals surface area (Å²) < 4.78 is 6.01. The molecule has 5 rings (SSSR count). The zero-order chi connectivity index (χ0) is 28.1. The van der Waals surface area contributed by atoms with Gasteiger partial charge in [0.25, 0.3) is 0 Å². The predicted molar refractivity (Wildman–Crippen MR) is 160 cm³/mol. The smallest absolute Gasteiger partial charge is 0.335 e. The molecule has 0 spiro atoms. The van der Waals surface area contributed by atoms with E-state index >= 15 is 0 Å². The molecule has 0 bridgehead atoms. The monoisotopic (exact) mass is 554 g/mol. The molecule has 1 atom stereocenters. The maximum atomic E-state index is 13.6. The van der Waals surface area contributed by atoms with Crippen molar-refractivity contribution in [2.45, 2.75) is 25.4 Å². The van der Waals surface area contributed by atoms with Crippen molar-refractivity contribution in [1.82, 2.24) is 0 Å². The first-order chi connectivity index (χ1) is 19.4. The number of hydrogen-bond acceptors (Lipinski definition) is 5.